The molecule has 1 fully saturated rings. The van der Waals surface area contributed by atoms with Crippen LogP contribution in [-0.2, 0) is 0 Å². The highest BCUT2D eigenvalue weighted by Gasteiger charge is 2.33. The zero-order valence-corrected chi connectivity index (χ0v) is 10.4. The number of carboxylic acid groups (broad SMARTS) is 1. The molecule has 0 bridgehead atoms. The van der Waals surface area contributed by atoms with Crippen LogP contribution in [0.3, 0.4) is 0 Å². The molecule has 0 spiro atoms. The number of hydrogen-bond acceptors (Lipinski definition) is 3. The minimum atomic E-state index is -1.08. The van der Waals surface area contributed by atoms with Crippen LogP contribution >= 0.6 is 0 Å². The van der Waals surface area contributed by atoms with E-state index in [0.29, 0.717) is 12.6 Å². The molecule has 2 rings (SSSR count). The van der Waals surface area contributed by atoms with Crippen LogP contribution in [0, 0.1) is 0 Å². The van der Waals surface area contributed by atoms with Gasteiger partial charge in [-0.2, -0.15) is 0 Å². The van der Waals surface area contributed by atoms with E-state index in [1.807, 2.05) is 0 Å². The number of hydrogen-bond donors (Lipinski definition) is 1. The number of rotatable bonds is 6. The molecule has 1 aliphatic rings. The summed E-state index contributed by atoms with van der Waals surface area (Å²) in [6.45, 7) is 2.79. The summed E-state index contributed by atoms with van der Waals surface area (Å²) < 4.78 is 5.05. The SMILES string of the molecule is CCCCN(C(=O)c1cc(C(=O)O)co1)C1CC1. The molecular formula is C13H17NO4. The average molecular weight is 251 g/mol. The van der Waals surface area contributed by atoms with E-state index in [0.717, 1.165) is 31.9 Å². The largest absolute Gasteiger partial charge is 0.478 e. The minimum absolute atomic E-state index is 0.0181. The summed E-state index contributed by atoms with van der Waals surface area (Å²) in [7, 11) is 0. The molecule has 1 heterocycles. The van der Waals surface area contributed by atoms with E-state index in [-0.39, 0.29) is 17.2 Å². The van der Waals surface area contributed by atoms with Gasteiger partial charge in [0.15, 0.2) is 5.76 Å². The van der Waals surface area contributed by atoms with Crippen molar-refractivity contribution in [1.82, 2.24) is 4.90 Å². The van der Waals surface area contributed by atoms with Crippen LogP contribution in [0.1, 0.15) is 53.5 Å². The van der Waals surface area contributed by atoms with E-state index >= 15 is 0 Å². The Bertz CT molecular complexity index is 448. The summed E-state index contributed by atoms with van der Waals surface area (Å²) in [5.41, 5.74) is 0.0181. The van der Waals surface area contributed by atoms with Crippen molar-refractivity contribution in [3.05, 3.63) is 23.7 Å². The Morgan fingerprint density at radius 1 is 1.50 bits per heavy atom. The molecule has 0 radical (unpaired) electrons. The fourth-order valence-electron chi connectivity index (χ4n) is 1.87. The number of nitrogens with zero attached hydrogens (tertiary/aromatic N) is 1. The lowest BCUT2D eigenvalue weighted by Crippen LogP contribution is -2.33. The molecule has 0 saturated heterocycles. The first-order valence-electron chi connectivity index (χ1n) is 6.26. The second-order valence-electron chi connectivity index (χ2n) is 4.59. The molecule has 5 nitrogen and oxygen atoms in total. The summed E-state index contributed by atoms with van der Waals surface area (Å²) in [5, 5.41) is 8.80. The lowest BCUT2D eigenvalue weighted by Gasteiger charge is -2.20. The highest BCUT2D eigenvalue weighted by Crippen LogP contribution is 2.28. The van der Waals surface area contributed by atoms with Crippen molar-refractivity contribution in [2.24, 2.45) is 0 Å². The Labute approximate surface area is 105 Å². The number of aromatic carboxylic acids is 1. The van der Waals surface area contributed by atoms with Gasteiger partial charge in [0, 0.05) is 18.7 Å². The van der Waals surface area contributed by atoms with Crippen LogP contribution in [0.5, 0.6) is 0 Å². The second kappa shape index (κ2) is 5.25. The van der Waals surface area contributed by atoms with Crippen molar-refractivity contribution in [3.8, 4) is 0 Å². The monoisotopic (exact) mass is 251 g/mol. The lowest BCUT2D eigenvalue weighted by molar-refractivity contribution is 0.0691. The number of unbranched alkanes of at least 4 members (excludes halogenated alkanes) is 1. The van der Waals surface area contributed by atoms with E-state index < -0.39 is 5.97 Å². The van der Waals surface area contributed by atoms with Gasteiger partial charge in [0.05, 0.1) is 5.56 Å². The van der Waals surface area contributed by atoms with Crippen molar-refractivity contribution < 1.29 is 19.1 Å². The van der Waals surface area contributed by atoms with Crippen LogP contribution < -0.4 is 0 Å². The van der Waals surface area contributed by atoms with Gasteiger partial charge in [0.1, 0.15) is 6.26 Å². The van der Waals surface area contributed by atoms with E-state index in [4.69, 9.17) is 9.52 Å². The van der Waals surface area contributed by atoms with E-state index in [1.54, 1.807) is 4.90 Å². The fourth-order valence-corrected chi connectivity index (χ4v) is 1.87. The summed E-state index contributed by atoms with van der Waals surface area (Å²) in [6.07, 6.45) is 5.15. The Hall–Kier alpha value is -1.78. The molecule has 1 aromatic rings. The zero-order valence-electron chi connectivity index (χ0n) is 10.4. The zero-order chi connectivity index (χ0) is 13.1. The van der Waals surface area contributed by atoms with Crippen molar-refractivity contribution in [2.45, 2.75) is 38.6 Å². The predicted molar refractivity (Wildman–Crippen MR) is 64.6 cm³/mol. The molecule has 0 aromatic carbocycles. The normalized spacial score (nSPS) is 14.5. The maximum atomic E-state index is 12.2. The molecule has 1 aromatic heterocycles. The summed E-state index contributed by atoms with van der Waals surface area (Å²) in [6, 6.07) is 1.61. The average Bonchev–Trinajstić information content (AvgIpc) is 3.05. The molecule has 0 aliphatic heterocycles. The van der Waals surface area contributed by atoms with Crippen molar-refractivity contribution >= 4 is 11.9 Å². The van der Waals surface area contributed by atoms with Gasteiger partial charge in [-0.3, -0.25) is 4.79 Å². The fraction of sp³-hybridized carbons (Fsp3) is 0.538. The smallest absolute Gasteiger partial charge is 0.338 e. The number of furan rings is 1. The second-order valence-corrected chi connectivity index (χ2v) is 4.59. The Morgan fingerprint density at radius 2 is 2.22 bits per heavy atom. The van der Waals surface area contributed by atoms with Gasteiger partial charge in [-0.15, -0.1) is 0 Å². The molecule has 98 valence electrons. The van der Waals surface area contributed by atoms with Gasteiger partial charge < -0.3 is 14.4 Å². The number of amides is 1. The van der Waals surface area contributed by atoms with Crippen LogP contribution in [-0.4, -0.2) is 34.5 Å². The molecule has 1 saturated carbocycles. The minimum Gasteiger partial charge on any atom is -0.478 e. The summed E-state index contributed by atoms with van der Waals surface area (Å²) in [4.78, 5) is 24.7. The van der Waals surface area contributed by atoms with Gasteiger partial charge >= 0.3 is 5.97 Å². The predicted octanol–water partition coefficient (Wildman–Crippen LogP) is 2.38. The topological polar surface area (TPSA) is 70.8 Å². The third kappa shape index (κ3) is 2.72. The first kappa shape index (κ1) is 12.7. The quantitative estimate of drug-likeness (QED) is 0.842. The highest BCUT2D eigenvalue weighted by molar-refractivity contribution is 5.95. The van der Waals surface area contributed by atoms with Gasteiger partial charge in [0.2, 0.25) is 0 Å². The van der Waals surface area contributed by atoms with Gasteiger partial charge in [-0.1, -0.05) is 13.3 Å². The van der Waals surface area contributed by atoms with Crippen molar-refractivity contribution in [3.63, 3.8) is 0 Å². The number of carboxylic acids is 1. The molecule has 1 amide bonds. The van der Waals surface area contributed by atoms with Gasteiger partial charge in [-0.25, -0.2) is 4.79 Å². The molecule has 18 heavy (non-hydrogen) atoms. The van der Waals surface area contributed by atoms with Crippen molar-refractivity contribution in [2.75, 3.05) is 6.54 Å². The van der Waals surface area contributed by atoms with Crippen LogP contribution in [0.15, 0.2) is 16.7 Å². The Balaban J connectivity index is 2.09. The lowest BCUT2D eigenvalue weighted by atomic mass is 10.2. The molecule has 5 heteroatoms. The molecule has 1 aliphatic carbocycles. The standard InChI is InChI=1S/C13H17NO4/c1-2-3-6-14(10-4-5-10)12(15)11-7-9(8-18-11)13(16)17/h7-8,10H,2-6H2,1H3,(H,16,17). The number of carbonyl (C=O) groups excluding carboxylic acids is 1. The number of carbonyl (C=O) groups is 2. The maximum Gasteiger partial charge on any atom is 0.338 e. The van der Waals surface area contributed by atoms with Crippen LogP contribution in [0.2, 0.25) is 0 Å². The molecular weight excluding hydrogens is 234 g/mol. The van der Waals surface area contributed by atoms with Gasteiger partial charge in [0.25, 0.3) is 5.91 Å². The van der Waals surface area contributed by atoms with E-state index in [9.17, 15) is 9.59 Å². The molecule has 1 N–H and O–H groups in total. The first-order chi connectivity index (χ1) is 8.63. The summed E-state index contributed by atoms with van der Waals surface area (Å²) in [5.74, 6) is -1.15. The third-order valence-corrected chi connectivity index (χ3v) is 3.06. The maximum absolute atomic E-state index is 12.2. The molecule has 0 atom stereocenters. The van der Waals surface area contributed by atoms with Gasteiger partial charge in [-0.05, 0) is 19.3 Å². The molecule has 0 unspecified atom stereocenters. The highest BCUT2D eigenvalue weighted by atomic mass is 16.4. The Morgan fingerprint density at radius 3 is 2.72 bits per heavy atom. The third-order valence-electron chi connectivity index (χ3n) is 3.06. The van der Waals surface area contributed by atoms with Crippen LogP contribution in [0.4, 0.5) is 0 Å². The summed E-state index contributed by atoms with van der Waals surface area (Å²) >= 11 is 0. The van der Waals surface area contributed by atoms with Crippen LogP contribution in [0.25, 0.3) is 0 Å². The first-order valence-corrected chi connectivity index (χ1v) is 6.26. The Kier molecular flexibility index (Phi) is 3.69. The van der Waals surface area contributed by atoms with E-state index in [1.165, 1.54) is 6.07 Å². The van der Waals surface area contributed by atoms with E-state index in [2.05, 4.69) is 6.92 Å². The van der Waals surface area contributed by atoms with Crippen molar-refractivity contribution in [1.29, 1.82) is 0 Å².